The van der Waals surface area contributed by atoms with Crippen molar-refractivity contribution < 1.29 is 0 Å². The van der Waals surface area contributed by atoms with Crippen molar-refractivity contribution in [3.8, 4) is 134 Å². The van der Waals surface area contributed by atoms with Gasteiger partial charge in [0.1, 0.15) is 0 Å². The fourth-order valence-corrected chi connectivity index (χ4v) is 12.2. The van der Waals surface area contributed by atoms with Crippen molar-refractivity contribution in [2.45, 2.75) is 0 Å². The summed E-state index contributed by atoms with van der Waals surface area (Å²) in [4.78, 5) is 0. The number of hydrogen-bond acceptors (Lipinski definition) is 0. The summed E-state index contributed by atoms with van der Waals surface area (Å²) in [5.41, 5.74) is 29.3. The van der Waals surface area contributed by atoms with E-state index in [9.17, 15) is 0 Å². The van der Waals surface area contributed by atoms with Crippen LogP contribution in [0.25, 0.3) is 134 Å². The molecule has 0 bridgehead atoms. The fraction of sp³-hybridized carbons (Fsp3) is 0. The Morgan fingerprint density at radius 3 is 0.190 bits per heavy atom. The molecule has 0 aliphatic rings. The smallest absolute Gasteiger partial charge is 0.00139 e. The van der Waals surface area contributed by atoms with Crippen LogP contribution in [0.2, 0.25) is 0 Å². The minimum Gasteiger partial charge on any atom is -0.0622 e. The molecule has 0 aromatic heterocycles. The lowest BCUT2D eigenvalue weighted by molar-refractivity contribution is 1.51. The monoisotopic (exact) mass is 1070 g/mol. The Morgan fingerprint density at radius 2 is 0.131 bits per heavy atom. The predicted octanol–water partition coefficient (Wildman–Crippen LogP) is 23.4. The van der Waals surface area contributed by atoms with Gasteiger partial charge in [0.05, 0.1) is 0 Å². The summed E-state index contributed by atoms with van der Waals surface area (Å²) in [6.45, 7) is 0. The molecule has 0 saturated heterocycles. The molecule has 14 aromatic carbocycles. The summed E-state index contributed by atoms with van der Waals surface area (Å²) < 4.78 is 0. The Hall–Kier alpha value is -10.9. The number of benzene rings is 14. The van der Waals surface area contributed by atoms with Crippen LogP contribution in [-0.4, -0.2) is 0 Å². The van der Waals surface area contributed by atoms with Crippen LogP contribution in [0, 0.1) is 0 Å². The molecule has 0 N–H and O–H groups in total. The topological polar surface area (TPSA) is 0 Å². The molecule has 0 spiro atoms. The van der Waals surface area contributed by atoms with E-state index in [0.717, 1.165) is 0 Å². The van der Waals surface area contributed by atoms with Gasteiger partial charge in [-0.25, -0.2) is 0 Å². The zero-order chi connectivity index (χ0) is 56.3. The van der Waals surface area contributed by atoms with Crippen LogP contribution in [0.15, 0.2) is 364 Å². The van der Waals surface area contributed by atoms with E-state index in [1.54, 1.807) is 0 Å². The molecule has 0 aliphatic carbocycles. The van der Waals surface area contributed by atoms with Gasteiger partial charge in [0, 0.05) is 0 Å². The molecule has 396 valence electrons. The predicted molar refractivity (Wildman–Crippen MR) is 358 cm³/mol. The fourth-order valence-electron chi connectivity index (χ4n) is 12.2. The second-order valence-corrected chi connectivity index (χ2v) is 20.9. The first kappa shape index (κ1) is 52.5. The molecular formula is C84H60. The molecule has 0 saturated carbocycles. The van der Waals surface area contributed by atoms with E-state index in [4.69, 9.17) is 0 Å². The summed E-state index contributed by atoms with van der Waals surface area (Å²) in [6, 6.07) is 131. The first-order valence-corrected chi connectivity index (χ1v) is 28.9. The highest BCUT2D eigenvalue weighted by Crippen LogP contribution is 2.58. The van der Waals surface area contributed by atoms with E-state index in [1.165, 1.54) is 134 Å². The van der Waals surface area contributed by atoms with E-state index in [0.29, 0.717) is 0 Å². The minimum absolute atomic E-state index is 1.20. The molecule has 0 unspecified atom stereocenters. The lowest BCUT2D eigenvalue weighted by Crippen LogP contribution is -2.02. The van der Waals surface area contributed by atoms with Gasteiger partial charge >= 0.3 is 0 Å². The highest BCUT2D eigenvalue weighted by atomic mass is 14.3. The molecule has 0 heterocycles. The molecule has 14 aromatic rings. The average Bonchev–Trinajstić information content (AvgIpc) is 3.77. The zero-order valence-corrected chi connectivity index (χ0v) is 46.6. The van der Waals surface area contributed by atoms with Crippen LogP contribution in [0.1, 0.15) is 0 Å². The maximum Gasteiger partial charge on any atom is -0.00139 e. The standard InChI is InChI=1S/2C42H30/c2*1-7-19-31(20-8-1)37-38(32-21-9-2-10-22-32)40(34-25-13-4-14-26-34)42(36-29-17-6-18-30-36)41(35-27-15-5-16-28-35)39(37)33-23-11-3-12-24-33/h2*1-30H. The first-order valence-electron chi connectivity index (χ1n) is 28.9. The van der Waals surface area contributed by atoms with Crippen molar-refractivity contribution in [2.24, 2.45) is 0 Å². The van der Waals surface area contributed by atoms with Gasteiger partial charge in [-0.05, 0) is 134 Å². The number of rotatable bonds is 12. The Balaban J connectivity index is 0.000000157. The minimum atomic E-state index is 1.20. The second-order valence-electron chi connectivity index (χ2n) is 20.9. The normalized spacial score (nSPS) is 10.9. The van der Waals surface area contributed by atoms with Gasteiger partial charge in [-0.3, -0.25) is 0 Å². The van der Waals surface area contributed by atoms with Crippen molar-refractivity contribution in [3.63, 3.8) is 0 Å². The van der Waals surface area contributed by atoms with Gasteiger partial charge in [-0.2, -0.15) is 0 Å². The highest BCUT2D eigenvalue weighted by Gasteiger charge is 2.31. The van der Waals surface area contributed by atoms with Crippen molar-refractivity contribution in [1.29, 1.82) is 0 Å². The lowest BCUT2D eigenvalue weighted by Gasteiger charge is -2.28. The Bertz CT molecular complexity index is 3320. The Kier molecular flexibility index (Phi) is 15.5. The van der Waals surface area contributed by atoms with E-state index in [-0.39, 0.29) is 0 Å². The maximum atomic E-state index is 2.25. The van der Waals surface area contributed by atoms with Crippen molar-refractivity contribution >= 4 is 0 Å². The van der Waals surface area contributed by atoms with Crippen molar-refractivity contribution in [2.75, 3.05) is 0 Å². The molecule has 0 fully saturated rings. The molecule has 0 heteroatoms. The lowest BCUT2D eigenvalue weighted by atomic mass is 9.74. The van der Waals surface area contributed by atoms with Crippen LogP contribution in [0.4, 0.5) is 0 Å². The van der Waals surface area contributed by atoms with E-state index < -0.39 is 0 Å². The molecule has 0 atom stereocenters. The van der Waals surface area contributed by atoms with Gasteiger partial charge in [0.25, 0.3) is 0 Å². The summed E-state index contributed by atoms with van der Waals surface area (Å²) in [5, 5.41) is 0. The van der Waals surface area contributed by atoms with Crippen LogP contribution < -0.4 is 0 Å². The largest absolute Gasteiger partial charge is 0.0622 e. The van der Waals surface area contributed by atoms with Gasteiger partial charge in [-0.15, -0.1) is 0 Å². The van der Waals surface area contributed by atoms with Crippen LogP contribution in [-0.2, 0) is 0 Å². The van der Waals surface area contributed by atoms with E-state index in [1.807, 2.05) is 0 Å². The Morgan fingerprint density at radius 1 is 0.0714 bits per heavy atom. The summed E-state index contributed by atoms with van der Waals surface area (Å²) >= 11 is 0. The van der Waals surface area contributed by atoms with Gasteiger partial charge in [0.2, 0.25) is 0 Å². The second kappa shape index (κ2) is 24.8. The third-order valence-corrected chi connectivity index (χ3v) is 15.7. The average molecular weight is 1070 g/mol. The molecule has 14 rings (SSSR count). The highest BCUT2D eigenvalue weighted by molar-refractivity contribution is 6.17. The molecule has 0 amide bonds. The van der Waals surface area contributed by atoms with Crippen LogP contribution in [0.3, 0.4) is 0 Å². The summed E-state index contributed by atoms with van der Waals surface area (Å²) in [5.74, 6) is 0. The zero-order valence-electron chi connectivity index (χ0n) is 46.6. The van der Waals surface area contributed by atoms with Crippen molar-refractivity contribution in [3.05, 3.63) is 364 Å². The third kappa shape index (κ3) is 10.6. The van der Waals surface area contributed by atoms with Crippen LogP contribution in [0.5, 0.6) is 0 Å². The molecule has 84 heavy (non-hydrogen) atoms. The van der Waals surface area contributed by atoms with Crippen molar-refractivity contribution in [1.82, 2.24) is 0 Å². The molecule has 0 radical (unpaired) electrons. The number of hydrogen-bond donors (Lipinski definition) is 0. The summed E-state index contributed by atoms with van der Waals surface area (Å²) in [7, 11) is 0. The quantitative estimate of drug-likeness (QED) is 0.114. The Labute approximate surface area is 494 Å². The SMILES string of the molecule is c1ccc(-c2c(-c3ccccc3)c(-c3ccccc3)c(-c3ccccc3)c(-c3ccccc3)c2-c2ccccc2)cc1.c1ccc(-c2c(-c3ccccc3)c(-c3ccccc3)c(-c3ccccc3)c(-c3ccccc3)c2-c2ccccc2)cc1. The molecule has 0 nitrogen and oxygen atoms in total. The van der Waals surface area contributed by atoms with Gasteiger partial charge in [-0.1, -0.05) is 364 Å². The molecular weight excluding hydrogens is 1010 g/mol. The molecule has 0 aliphatic heterocycles. The maximum absolute atomic E-state index is 2.25. The summed E-state index contributed by atoms with van der Waals surface area (Å²) in [6.07, 6.45) is 0. The van der Waals surface area contributed by atoms with Crippen LogP contribution >= 0.6 is 0 Å². The third-order valence-electron chi connectivity index (χ3n) is 15.7. The van der Waals surface area contributed by atoms with Gasteiger partial charge in [0.15, 0.2) is 0 Å². The van der Waals surface area contributed by atoms with E-state index >= 15 is 0 Å². The van der Waals surface area contributed by atoms with E-state index in [2.05, 4.69) is 364 Å². The first-order chi connectivity index (χ1) is 41.8. The van der Waals surface area contributed by atoms with Gasteiger partial charge < -0.3 is 0 Å².